The molecule has 0 spiro atoms. The van der Waals surface area contributed by atoms with Gasteiger partial charge in [-0.2, -0.15) is 0 Å². The van der Waals surface area contributed by atoms with Gasteiger partial charge in [-0.15, -0.1) is 0 Å². The summed E-state index contributed by atoms with van der Waals surface area (Å²) < 4.78 is 5.40. The quantitative estimate of drug-likeness (QED) is 0.914. The van der Waals surface area contributed by atoms with Crippen molar-refractivity contribution in [1.29, 1.82) is 0 Å². The topological polar surface area (TPSA) is 64.3 Å². The van der Waals surface area contributed by atoms with E-state index in [-0.39, 0.29) is 0 Å². The molecule has 0 aromatic carbocycles. The second kappa shape index (κ2) is 5.95. The lowest BCUT2D eigenvalue weighted by Gasteiger charge is -2.32. The molecule has 1 aliphatic heterocycles. The van der Waals surface area contributed by atoms with E-state index in [0.29, 0.717) is 30.9 Å². The highest BCUT2D eigenvalue weighted by molar-refractivity contribution is 5.49. The summed E-state index contributed by atoms with van der Waals surface area (Å²) in [6, 6.07) is 2.56. The molecule has 2 unspecified atom stereocenters. The van der Waals surface area contributed by atoms with Crippen LogP contribution in [-0.2, 0) is 11.3 Å². The molecule has 20 heavy (non-hydrogen) atoms. The zero-order valence-electron chi connectivity index (χ0n) is 12.2. The molecule has 2 aliphatic rings. The van der Waals surface area contributed by atoms with E-state index in [1.807, 2.05) is 13.0 Å². The molecule has 0 radical (unpaired) electrons. The Balaban J connectivity index is 1.80. The average molecular weight is 276 g/mol. The highest BCUT2D eigenvalue weighted by Crippen LogP contribution is 2.38. The maximum atomic E-state index is 5.93. The SMILES string of the molecule is CCOCc1nc(N)cc(N2CCC3CCCCC32)n1. The molecule has 1 aromatic heterocycles. The van der Waals surface area contributed by atoms with Crippen LogP contribution < -0.4 is 10.6 Å². The minimum absolute atomic E-state index is 0.441. The van der Waals surface area contributed by atoms with Gasteiger partial charge >= 0.3 is 0 Å². The zero-order valence-corrected chi connectivity index (χ0v) is 12.2. The van der Waals surface area contributed by atoms with Gasteiger partial charge in [-0.3, -0.25) is 0 Å². The van der Waals surface area contributed by atoms with Crippen LogP contribution in [0.3, 0.4) is 0 Å². The van der Waals surface area contributed by atoms with Crippen LogP contribution in [-0.4, -0.2) is 29.2 Å². The van der Waals surface area contributed by atoms with Gasteiger partial charge in [-0.05, 0) is 32.1 Å². The smallest absolute Gasteiger partial charge is 0.158 e. The molecule has 3 rings (SSSR count). The molecule has 2 atom stereocenters. The van der Waals surface area contributed by atoms with E-state index in [4.69, 9.17) is 10.5 Å². The summed E-state index contributed by atoms with van der Waals surface area (Å²) in [5.41, 5.74) is 5.93. The molecule has 2 N–H and O–H groups in total. The Kier molecular flexibility index (Phi) is 4.05. The van der Waals surface area contributed by atoms with E-state index in [9.17, 15) is 0 Å². The Morgan fingerprint density at radius 2 is 2.15 bits per heavy atom. The van der Waals surface area contributed by atoms with Crippen molar-refractivity contribution in [1.82, 2.24) is 9.97 Å². The maximum Gasteiger partial charge on any atom is 0.158 e. The van der Waals surface area contributed by atoms with Crippen molar-refractivity contribution < 1.29 is 4.74 Å². The summed E-state index contributed by atoms with van der Waals surface area (Å²) in [7, 11) is 0. The third-order valence-corrected chi connectivity index (χ3v) is 4.52. The van der Waals surface area contributed by atoms with Gasteiger partial charge in [0.2, 0.25) is 0 Å². The molecular formula is C15H24N4O. The van der Waals surface area contributed by atoms with Crippen LogP contribution in [0.1, 0.15) is 44.9 Å². The third-order valence-electron chi connectivity index (χ3n) is 4.52. The van der Waals surface area contributed by atoms with Gasteiger partial charge in [0.15, 0.2) is 5.82 Å². The van der Waals surface area contributed by atoms with Crippen LogP contribution in [0.25, 0.3) is 0 Å². The molecule has 1 saturated heterocycles. The highest BCUT2D eigenvalue weighted by atomic mass is 16.5. The maximum absolute atomic E-state index is 5.93. The first-order valence-electron chi connectivity index (χ1n) is 7.75. The first kappa shape index (κ1) is 13.6. The van der Waals surface area contributed by atoms with E-state index in [0.717, 1.165) is 18.3 Å². The molecule has 2 fully saturated rings. The minimum Gasteiger partial charge on any atom is -0.384 e. The van der Waals surface area contributed by atoms with Crippen molar-refractivity contribution in [2.75, 3.05) is 23.8 Å². The average Bonchev–Trinajstić information content (AvgIpc) is 2.88. The number of rotatable bonds is 4. The molecule has 5 heteroatoms. The molecule has 1 saturated carbocycles. The Hall–Kier alpha value is -1.36. The molecule has 0 bridgehead atoms. The van der Waals surface area contributed by atoms with Gasteiger partial charge in [-0.25, -0.2) is 9.97 Å². The number of anilines is 2. The van der Waals surface area contributed by atoms with Crippen LogP contribution in [0.4, 0.5) is 11.6 Å². The monoisotopic (exact) mass is 276 g/mol. The Labute approximate surface area is 120 Å². The second-order valence-electron chi connectivity index (χ2n) is 5.80. The number of nitrogens with zero attached hydrogens (tertiary/aromatic N) is 3. The number of nitrogens with two attached hydrogens (primary N) is 1. The third kappa shape index (κ3) is 2.73. The minimum atomic E-state index is 0.441. The summed E-state index contributed by atoms with van der Waals surface area (Å²) in [6.45, 7) is 4.18. The van der Waals surface area contributed by atoms with Crippen LogP contribution >= 0.6 is 0 Å². The Morgan fingerprint density at radius 1 is 1.30 bits per heavy atom. The van der Waals surface area contributed by atoms with E-state index in [1.54, 1.807) is 0 Å². The predicted octanol–water partition coefficient (Wildman–Crippen LogP) is 2.36. The summed E-state index contributed by atoms with van der Waals surface area (Å²) in [5, 5.41) is 0. The molecule has 1 aromatic rings. The fourth-order valence-electron chi connectivity index (χ4n) is 3.60. The standard InChI is InChI=1S/C15H24N4O/c1-2-20-10-14-17-13(16)9-15(18-14)19-8-7-11-5-3-4-6-12(11)19/h9,11-12H,2-8,10H2,1H3,(H2,16,17,18). The summed E-state index contributed by atoms with van der Waals surface area (Å²) in [5.74, 6) is 3.07. The molecular weight excluding hydrogens is 252 g/mol. The number of hydrogen-bond donors (Lipinski definition) is 1. The first-order valence-corrected chi connectivity index (χ1v) is 7.75. The lowest BCUT2D eigenvalue weighted by Crippen LogP contribution is -2.35. The summed E-state index contributed by atoms with van der Waals surface area (Å²) >= 11 is 0. The lowest BCUT2D eigenvalue weighted by atomic mass is 9.85. The number of aromatic nitrogens is 2. The number of nitrogen functional groups attached to an aromatic ring is 1. The molecule has 5 nitrogen and oxygen atoms in total. The first-order chi connectivity index (χ1) is 9.78. The van der Waals surface area contributed by atoms with Gasteiger partial charge in [0.25, 0.3) is 0 Å². The fraction of sp³-hybridized carbons (Fsp3) is 0.733. The van der Waals surface area contributed by atoms with Crippen LogP contribution in [0.15, 0.2) is 6.07 Å². The van der Waals surface area contributed by atoms with E-state index < -0.39 is 0 Å². The van der Waals surface area contributed by atoms with Crippen molar-refractivity contribution in [2.24, 2.45) is 5.92 Å². The van der Waals surface area contributed by atoms with Crippen LogP contribution in [0.5, 0.6) is 0 Å². The molecule has 2 heterocycles. The Bertz CT molecular complexity index is 465. The molecule has 0 amide bonds. The molecule has 1 aliphatic carbocycles. The summed E-state index contributed by atoms with van der Waals surface area (Å²) in [4.78, 5) is 11.4. The number of hydrogen-bond acceptors (Lipinski definition) is 5. The van der Waals surface area contributed by atoms with E-state index in [1.165, 1.54) is 32.1 Å². The van der Waals surface area contributed by atoms with Crippen molar-refractivity contribution in [3.8, 4) is 0 Å². The fourth-order valence-corrected chi connectivity index (χ4v) is 3.60. The number of fused-ring (bicyclic) bond motifs is 1. The highest BCUT2D eigenvalue weighted by Gasteiger charge is 2.36. The van der Waals surface area contributed by atoms with Crippen molar-refractivity contribution in [3.63, 3.8) is 0 Å². The van der Waals surface area contributed by atoms with E-state index in [2.05, 4.69) is 14.9 Å². The normalized spacial score (nSPS) is 25.8. The van der Waals surface area contributed by atoms with Crippen LogP contribution in [0, 0.1) is 5.92 Å². The van der Waals surface area contributed by atoms with Gasteiger partial charge in [0.1, 0.15) is 18.2 Å². The lowest BCUT2D eigenvalue weighted by molar-refractivity contribution is 0.128. The van der Waals surface area contributed by atoms with Gasteiger partial charge in [0, 0.05) is 25.3 Å². The largest absolute Gasteiger partial charge is 0.384 e. The van der Waals surface area contributed by atoms with Crippen LogP contribution in [0.2, 0.25) is 0 Å². The van der Waals surface area contributed by atoms with Gasteiger partial charge < -0.3 is 15.4 Å². The van der Waals surface area contributed by atoms with Crippen molar-refractivity contribution in [3.05, 3.63) is 11.9 Å². The van der Waals surface area contributed by atoms with Crippen molar-refractivity contribution in [2.45, 2.75) is 51.7 Å². The van der Waals surface area contributed by atoms with Crippen molar-refractivity contribution >= 4 is 11.6 Å². The summed E-state index contributed by atoms with van der Waals surface area (Å²) in [6.07, 6.45) is 6.67. The molecule has 110 valence electrons. The van der Waals surface area contributed by atoms with E-state index >= 15 is 0 Å². The number of ether oxygens (including phenoxy) is 1. The van der Waals surface area contributed by atoms with Gasteiger partial charge in [-0.1, -0.05) is 12.8 Å². The zero-order chi connectivity index (χ0) is 13.9. The van der Waals surface area contributed by atoms with Gasteiger partial charge in [0.05, 0.1) is 0 Å². The second-order valence-corrected chi connectivity index (χ2v) is 5.80. The Morgan fingerprint density at radius 3 is 3.00 bits per heavy atom. The predicted molar refractivity (Wildman–Crippen MR) is 79.5 cm³/mol.